The molecule has 0 saturated carbocycles. The van der Waals surface area contributed by atoms with E-state index in [0.717, 1.165) is 17.0 Å². The molecule has 0 aliphatic carbocycles. The molecule has 4 aromatic rings. The number of nitrogens with zero attached hydrogens (tertiary/aromatic N) is 4. The average molecular weight is 409 g/mol. The van der Waals surface area contributed by atoms with Crippen LogP contribution in [-0.4, -0.2) is 27.6 Å². The summed E-state index contributed by atoms with van der Waals surface area (Å²) in [5.41, 5.74) is 2.05. The second-order valence-corrected chi connectivity index (χ2v) is 7.63. The number of benzene rings is 2. The maximum absolute atomic E-state index is 13.0. The Kier molecular flexibility index (Phi) is 4.89. The van der Waals surface area contributed by atoms with Crippen molar-refractivity contribution in [3.63, 3.8) is 0 Å². The number of thiazole rings is 1. The molecule has 0 aliphatic rings. The van der Waals surface area contributed by atoms with Crippen LogP contribution in [0.1, 0.15) is 11.4 Å². The molecule has 2 aromatic heterocycles. The van der Waals surface area contributed by atoms with Crippen LogP contribution in [0.3, 0.4) is 0 Å². The summed E-state index contributed by atoms with van der Waals surface area (Å²) in [6.45, 7) is 1.75. The minimum atomic E-state index is -0.238. The maximum atomic E-state index is 13.0. The van der Waals surface area contributed by atoms with E-state index in [0.29, 0.717) is 20.1 Å². The van der Waals surface area contributed by atoms with E-state index in [2.05, 4.69) is 10.1 Å². The zero-order valence-electron chi connectivity index (χ0n) is 15.2. The second-order valence-electron chi connectivity index (χ2n) is 5.99. The quantitative estimate of drug-likeness (QED) is 0.375. The molecule has 0 fully saturated rings. The van der Waals surface area contributed by atoms with Crippen molar-refractivity contribution in [2.45, 2.75) is 6.92 Å². The van der Waals surface area contributed by atoms with Gasteiger partial charge in [0.05, 0.1) is 13.3 Å². The summed E-state index contributed by atoms with van der Waals surface area (Å²) in [5, 5.41) is 4.33. The zero-order valence-corrected chi connectivity index (χ0v) is 16.8. The van der Waals surface area contributed by atoms with Gasteiger partial charge in [-0.05, 0) is 61.1 Å². The molecule has 0 unspecified atom stereocenters. The molecule has 0 amide bonds. The van der Waals surface area contributed by atoms with Gasteiger partial charge in [0, 0.05) is 5.69 Å². The van der Waals surface area contributed by atoms with Gasteiger partial charge in [0.15, 0.2) is 9.60 Å². The van der Waals surface area contributed by atoms with Crippen LogP contribution in [0.2, 0.25) is 0 Å². The van der Waals surface area contributed by atoms with Crippen LogP contribution in [0.15, 0.2) is 64.5 Å². The molecule has 0 bridgehead atoms. The third-order valence-corrected chi connectivity index (χ3v) is 5.55. The van der Waals surface area contributed by atoms with Gasteiger partial charge < -0.3 is 4.74 Å². The first-order chi connectivity index (χ1) is 13.6. The Labute approximate surface area is 170 Å². The van der Waals surface area contributed by atoms with Crippen molar-refractivity contribution in [2.24, 2.45) is 5.10 Å². The molecular formula is C20H16N4O2S2. The Hall–Kier alpha value is -3.10. The number of aromatic nitrogens is 3. The highest BCUT2D eigenvalue weighted by Gasteiger charge is 2.15. The fraction of sp³-hybridized carbons (Fsp3) is 0.100. The van der Waals surface area contributed by atoms with Crippen molar-refractivity contribution >= 4 is 40.1 Å². The summed E-state index contributed by atoms with van der Waals surface area (Å²) in [6, 6.07) is 17.1. The number of hydrogen-bond donors (Lipinski definition) is 0. The summed E-state index contributed by atoms with van der Waals surface area (Å²) in [7, 11) is 1.61. The van der Waals surface area contributed by atoms with Crippen molar-refractivity contribution in [1.82, 2.24) is 14.2 Å². The lowest BCUT2D eigenvalue weighted by molar-refractivity contribution is 0.415. The van der Waals surface area contributed by atoms with E-state index in [1.54, 1.807) is 20.2 Å². The monoisotopic (exact) mass is 408 g/mol. The second kappa shape index (κ2) is 7.49. The zero-order chi connectivity index (χ0) is 19.7. The first kappa shape index (κ1) is 18.3. The largest absolute Gasteiger partial charge is 0.497 e. The van der Waals surface area contributed by atoms with E-state index >= 15 is 0 Å². The van der Waals surface area contributed by atoms with Gasteiger partial charge in [-0.15, -0.1) is 0 Å². The van der Waals surface area contributed by atoms with Crippen LogP contribution in [0.4, 0.5) is 0 Å². The molecule has 0 atom stereocenters. The third kappa shape index (κ3) is 3.28. The Morgan fingerprint density at radius 3 is 2.54 bits per heavy atom. The van der Waals surface area contributed by atoms with Crippen molar-refractivity contribution < 1.29 is 4.74 Å². The van der Waals surface area contributed by atoms with Crippen molar-refractivity contribution in [2.75, 3.05) is 7.11 Å². The standard InChI is InChI=1S/C20H16N4O2S2/c1-13-22-18-17(28-20(27)23(18)15-6-4-3-5-7-15)19(25)24(13)21-12-14-8-10-16(26-2)11-9-14/h3-12H,1-2H3. The van der Waals surface area contributed by atoms with E-state index in [-0.39, 0.29) is 5.56 Å². The molecule has 0 radical (unpaired) electrons. The highest BCUT2D eigenvalue weighted by Crippen LogP contribution is 2.23. The normalized spacial score (nSPS) is 11.4. The van der Waals surface area contributed by atoms with E-state index in [1.807, 2.05) is 59.2 Å². The summed E-state index contributed by atoms with van der Waals surface area (Å²) in [6.07, 6.45) is 1.62. The number of fused-ring (bicyclic) bond motifs is 1. The van der Waals surface area contributed by atoms with Crippen molar-refractivity contribution in [3.05, 3.63) is 80.3 Å². The molecule has 2 aromatic carbocycles. The Bertz CT molecular complexity index is 1290. The van der Waals surface area contributed by atoms with Crippen LogP contribution in [0, 0.1) is 10.9 Å². The van der Waals surface area contributed by atoms with Gasteiger partial charge in [0.25, 0.3) is 5.56 Å². The third-order valence-electron chi connectivity index (χ3n) is 4.20. The topological polar surface area (TPSA) is 61.4 Å². The predicted molar refractivity (Wildman–Crippen MR) is 115 cm³/mol. The molecule has 28 heavy (non-hydrogen) atoms. The number of methoxy groups -OCH3 is 1. The van der Waals surface area contributed by atoms with Crippen LogP contribution < -0.4 is 10.3 Å². The van der Waals surface area contributed by atoms with E-state index in [1.165, 1.54) is 16.0 Å². The SMILES string of the molecule is COc1ccc(C=Nn2c(C)nc3c(sc(=S)n3-c3ccccc3)c2=O)cc1. The molecule has 4 rings (SSSR count). The van der Waals surface area contributed by atoms with Gasteiger partial charge in [0.2, 0.25) is 0 Å². The molecular weight excluding hydrogens is 392 g/mol. The number of hydrogen-bond acceptors (Lipinski definition) is 6. The average Bonchev–Trinajstić information content (AvgIpc) is 3.05. The number of ether oxygens (including phenoxy) is 1. The fourth-order valence-corrected chi connectivity index (χ4v) is 4.11. The molecule has 2 heterocycles. The lowest BCUT2D eigenvalue weighted by Gasteiger charge is -2.06. The van der Waals surface area contributed by atoms with E-state index in [4.69, 9.17) is 17.0 Å². The Balaban J connectivity index is 1.82. The molecule has 0 spiro atoms. The van der Waals surface area contributed by atoms with Gasteiger partial charge in [0.1, 0.15) is 16.3 Å². The van der Waals surface area contributed by atoms with Crippen molar-refractivity contribution in [1.29, 1.82) is 0 Å². The minimum Gasteiger partial charge on any atom is -0.497 e. The first-order valence-electron chi connectivity index (χ1n) is 8.47. The minimum absolute atomic E-state index is 0.238. The van der Waals surface area contributed by atoms with Crippen LogP contribution in [0.25, 0.3) is 16.0 Å². The maximum Gasteiger partial charge on any atom is 0.293 e. The van der Waals surface area contributed by atoms with E-state index in [9.17, 15) is 4.79 Å². The van der Waals surface area contributed by atoms with Crippen LogP contribution >= 0.6 is 23.6 Å². The fourth-order valence-electron chi connectivity index (χ4n) is 2.81. The summed E-state index contributed by atoms with van der Waals surface area (Å²) in [4.78, 5) is 17.6. The van der Waals surface area contributed by atoms with Gasteiger partial charge >= 0.3 is 0 Å². The highest BCUT2D eigenvalue weighted by molar-refractivity contribution is 7.73. The molecule has 0 N–H and O–H groups in total. The van der Waals surface area contributed by atoms with Crippen LogP contribution in [-0.2, 0) is 0 Å². The summed E-state index contributed by atoms with van der Waals surface area (Å²) < 4.78 is 9.32. The molecule has 0 saturated heterocycles. The predicted octanol–water partition coefficient (Wildman–Crippen LogP) is 4.18. The molecule has 6 nitrogen and oxygen atoms in total. The lowest BCUT2D eigenvalue weighted by atomic mass is 10.2. The molecule has 0 aliphatic heterocycles. The van der Waals surface area contributed by atoms with Gasteiger partial charge in [-0.2, -0.15) is 9.78 Å². The number of para-hydroxylation sites is 1. The first-order valence-corrected chi connectivity index (χ1v) is 9.70. The summed E-state index contributed by atoms with van der Waals surface area (Å²) in [5.74, 6) is 1.25. The molecule has 8 heteroatoms. The van der Waals surface area contributed by atoms with Gasteiger partial charge in [-0.1, -0.05) is 29.5 Å². The highest BCUT2D eigenvalue weighted by atomic mass is 32.1. The smallest absolute Gasteiger partial charge is 0.293 e. The number of aryl methyl sites for hydroxylation is 1. The molecule has 140 valence electrons. The van der Waals surface area contributed by atoms with E-state index < -0.39 is 0 Å². The summed E-state index contributed by atoms with van der Waals surface area (Å²) >= 11 is 6.73. The van der Waals surface area contributed by atoms with Crippen molar-refractivity contribution in [3.8, 4) is 11.4 Å². The Morgan fingerprint density at radius 1 is 1.14 bits per heavy atom. The van der Waals surface area contributed by atoms with Gasteiger partial charge in [-0.3, -0.25) is 9.36 Å². The Morgan fingerprint density at radius 2 is 1.86 bits per heavy atom. The number of rotatable bonds is 4. The van der Waals surface area contributed by atoms with Crippen LogP contribution in [0.5, 0.6) is 5.75 Å². The lowest BCUT2D eigenvalue weighted by Crippen LogP contribution is -2.20. The van der Waals surface area contributed by atoms with Gasteiger partial charge in [-0.25, -0.2) is 4.98 Å².